The molecule has 4 N–H and O–H groups in total. The van der Waals surface area contributed by atoms with E-state index in [-0.39, 0.29) is 18.6 Å². The third-order valence-corrected chi connectivity index (χ3v) is 3.59. The van der Waals surface area contributed by atoms with Crippen molar-refractivity contribution < 1.29 is 19.8 Å². The molecule has 1 fully saturated rings. The molecular formula is C13H25N3O4. The zero-order valence-corrected chi connectivity index (χ0v) is 12.3. The van der Waals surface area contributed by atoms with Crippen LogP contribution in [0.15, 0.2) is 0 Å². The molecule has 7 nitrogen and oxygen atoms in total. The number of carboxylic acids is 1. The van der Waals surface area contributed by atoms with Crippen LogP contribution in [0.2, 0.25) is 0 Å². The normalized spacial score (nSPS) is 26.6. The van der Waals surface area contributed by atoms with Gasteiger partial charge < -0.3 is 25.7 Å². The maximum Gasteiger partial charge on any atom is 0.315 e. The molecule has 20 heavy (non-hydrogen) atoms. The Morgan fingerprint density at radius 2 is 2.10 bits per heavy atom. The minimum atomic E-state index is -1.44. The third-order valence-electron chi connectivity index (χ3n) is 3.59. The molecule has 116 valence electrons. The summed E-state index contributed by atoms with van der Waals surface area (Å²) >= 11 is 0. The fourth-order valence-electron chi connectivity index (χ4n) is 2.45. The van der Waals surface area contributed by atoms with E-state index in [2.05, 4.69) is 29.5 Å². The molecule has 0 spiro atoms. The molecule has 2 amide bonds. The minimum absolute atomic E-state index is 0.0911. The molecule has 3 atom stereocenters. The molecule has 1 rings (SSSR count). The van der Waals surface area contributed by atoms with Crippen LogP contribution in [0.4, 0.5) is 4.79 Å². The standard InChI is InChI=1S/C13H25N3O4/c1-9-7-16(3)5-4-10(9)15-12(19)14-8-13(2,20)6-11(17)18/h9-10,20H,4-8H2,1-3H3,(H,17,18)(H2,14,15,19). The topological polar surface area (TPSA) is 102 Å². The second kappa shape index (κ2) is 6.90. The Bertz CT molecular complexity index is 360. The molecule has 0 saturated carbocycles. The Kier molecular flexibility index (Phi) is 5.76. The highest BCUT2D eigenvalue weighted by Gasteiger charge is 2.27. The number of hydrogen-bond acceptors (Lipinski definition) is 4. The minimum Gasteiger partial charge on any atom is -0.481 e. The highest BCUT2D eigenvalue weighted by molar-refractivity contribution is 5.74. The van der Waals surface area contributed by atoms with E-state index in [9.17, 15) is 14.7 Å². The van der Waals surface area contributed by atoms with Crippen molar-refractivity contribution in [2.75, 3.05) is 26.7 Å². The van der Waals surface area contributed by atoms with Gasteiger partial charge in [-0.2, -0.15) is 0 Å². The number of carboxylic acid groups (broad SMARTS) is 1. The number of nitrogens with zero attached hydrogens (tertiary/aromatic N) is 1. The number of amides is 2. The molecule has 0 radical (unpaired) electrons. The quantitative estimate of drug-likeness (QED) is 0.563. The van der Waals surface area contributed by atoms with E-state index in [1.165, 1.54) is 6.92 Å². The Hall–Kier alpha value is -1.34. The Balaban J connectivity index is 2.35. The molecule has 0 aromatic carbocycles. The van der Waals surface area contributed by atoms with Gasteiger partial charge >= 0.3 is 12.0 Å². The monoisotopic (exact) mass is 287 g/mol. The number of nitrogens with one attached hydrogen (secondary N) is 2. The number of piperidine rings is 1. The van der Waals surface area contributed by atoms with Crippen molar-refractivity contribution in [2.24, 2.45) is 5.92 Å². The van der Waals surface area contributed by atoms with Gasteiger partial charge in [0.1, 0.15) is 0 Å². The Labute approximate surface area is 119 Å². The Morgan fingerprint density at radius 1 is 1.45 bits per heavy atom. The van der Waals surface area contributed by atoms with Crippen molar-refractivity contribution in [3.8, 4) is 0 Å². The highest BCUT2D eigenvalue weighted by Crippen LogP contribution is 2.15. The van der Waals surface area contributed by atoms with E-state index < -0.39 is 18.0 Å². The average Bonchev–Trinajstić information content (AvgIpc) is 2.29. The fourth-order valence-corrected chi connectivity index (χ4v) is 2.45. The van der Waals surface area contributed by atoms with E-state index in [1.54, 1.807) is 0 Å². The van der Waals surface area contributed by atoms with Crippen molar-refractivity contribution in [3.05, 3.63) is 0 Å². The number of aliphatic hydroxyl groups is 1. The summed E-state index contributed by atoms with van der Waals surface area (Å²) in [6.07, 6.45) is 0.481. The summed E-state index contributed by atoms with van der Waals surface area (Å²) in [7, 11) is 2.05. The van der Waals surface area contributed by atoms with Gasteiger partial charge in [0.2, 0.25) is 0 Å². The third kappa shape index (κ3) is 5.75. The zero-order valence-electron chi connectivity index (χ0n) is 12.3. The Morgan fingerprint density at radius 3 is 2.65 bits per heavy atom. The largest absolute Gasteiger partial charge is 0.481 e. The van der Waals surface area contributed by atoms with Crippen LogP contribution in [-0.2, 0) is 4.79 Å². The molecule has 1 aliphatic rings. The number of carbonyl (C=O) groups is 2. The number of likely N-dealkylation sites (tertiary alicyclic amines) is 1. The molecule has 1 aliphatic heterocycles. The molecule has 3 unspecified atom stereocenters. The lowest BCUT2D eigenvalue weighted by Gasteiger charge is -2.35. The van der Waals surface area contributed by atoms with Crippen LogP contribution >= 0.6 is 0 Å². The summed E-state index contributed by atoms with van der Waals surface area (Å²) in [5.74, 6) is -0.736. The molecule has 1 heterocycles. The summed E-state index contributed by atoms with van der Waals surface area (Å²) in [6, 6.07) is -0.257. The summed E-state index contributed by atoms with van der Waals surface area (Å²) in [5.41, 5.74) is -1.44. The van der Waals surface area contributed by atoms with Gasteiger partial charge in [-0.05, 0) is 32.9 Å². The van der Waals surface area contributed by atoms with Gasteiger partial charge in [0.05, 0.1) is 12.0 Å². The first-order valence-corrected chi connectivity index (χ1v) is 6.87. The summed E-state index contributed by atoms with van der Waals surface area (Å²) < 4.78 is 0. The van der Waals surface area contributed by atoms with E-state index in [0.29, 0.717) is 5.92 Å². The predicted octanol–water partition coefficient (Wildman–Crippen LogP) is -0.148. The van der Waals surface area contributed by atoms with Gasteiger partial charge in [-0.1, -0.05) is 6.92 Å². The maximum atomic E-state index is 11.8. The highest BCUT2D eigenvalue weighted by atomic mass is 16.4. The van der Waals surface area contributed by atoms with E-state index in [4.69, 9.17) is 5.11 Å². The molecule has 1 saturated heterocycles. The van der Waals surface area contributed by atoms with Crippen molar-refractivity contribution in [3.63, 3.8) is 0 Å². The molecule has 0 aliphatic carbocycles. The smallest absolute Gasteiger partial charge is 0.315 e. The maximum absolute atomic E-state index is 11.8. The molecule has 0 aromatic heterocycles. The van der Waals surface area contributed by atoms with Crippen molar-refractivity contribution >= 4 is 12.0 Å². The second-order valence-corrected chi connectivity index (χ2v) is 6.03. The first-order valence-electron chi connectivity index (χ1n) is 6.87. The van der Waals surface area contributed by atoms with Crippen LogP contribution in [0.3, 0.4) is 0 Å². The molecular weight excluding hydrogens is 262 g/mol. The second-order valence-electron chi connectivity index (χ2n) is 6.03. The molecule has 0 bridgehead atoms. The van der Waals surface area contributed by atoms with Crippen molar-refractivity contribution in [1.29, 1.82) is 0 Å². The number of carbonyl (C=O) groups excluding carboxylic acids is 1. The molecule has 0 aromatic rings. The van der Waals surface area contributed by atoms with Gasteiger partial charge in [0.15, 0.2) is 0 Å². The lowest BCUT2D eigenvalue weighted by molar-refractivity contribution is -0.141. The van der Waals surface area contributed by atoms with E-state index in [1.807, 2.05) is 0 Å². The first-order chi connectivity index (χ1) is 9.19. The van der Waals surface area contributed by atoms with Gasteiger partial charge in [-0.15, -0.1) is 0 Å². The number of aliphatic carboxylic acids is 1. The van der Waals surface area contributed by atoms with E-state index >= 15 is 0 Å². The number of hydrogen-bond donors (Lipinski definition) is 4. The van der Waals surface area contributed by atoms with Crippen LogP contribution in [-0.4, -0.2) is 65.4 Å². The van der Waals surface area contributed by atoms with Gasteiger partial charge in [0, 0.05) is 19.1 Å². The van der Waals surface area contributed by atoms with E-state index in [0.717, 1.165) is 19.5 Å². The van der Waals surface area contributed by atoms with Gasteiger partial charge in [-0.25, -0.2) is 4.79 Å². The zero-order chi connectivity index (χ0) is 15.3. The van der Waals surface area contributed by atoms with Crippen LogP contribution in [0, 0.1) is 5.92 Å². The first kappa shape index (κ1) is 16.7. The van der Waals surface area contributed by atoms with Gasteiger partial charge in [-0.3, -0.25) is 4.79 Å². The van der Waals surface area contributed by atoms with Crippen LogP contribution in [0.1, 0.15) is 26.7 Å². The molecule has 7 heteroatoms. The number of rotatable bonds is 5. The summed E-state index contributed by atoms with van der Waals surface area (Å²) in [4.78, 5) is 24.6. The summed E-state index contributed by atoms with van der Waals surface area (Å²) in [5, 5.41) is 23.8. The summed E-state index contributed by atoms with van der Waals surface area (Å²) in [6.45, 7) is 5.25. The van der Waals surface area contributed by atoms with Crippen LogP contribution in [0.5, 0.6) is 0 Å². The van der Waals surface area contributed by atoms with Crippen molar-refractivity contribution in [1.82, 2.24) is 15.5 Å². The lowest BCUT2D eigenvalue weighted by atomic mass is 9.94. The van der Waals surface area contributed by atoms with Crippen LogP contribution in [0.25, 0.3) is 0 Å². The van der Waals surface area contributed by atoms with Crippen molar-refractivity contribution in [2.45, 2.75) is 38.3 Å². The SMILES string of the molecule is CC1CN(C)CCC1NC(=O)NCC(C)(O)CC(=O)O. The van der Waals surface area contributed by atoms with Gasteiger partial charge in [0.25, 0.3) is 0 Å². The predicted molar refractivity (Wildman–Crippen MR) is 74.5 cm³/mol. The lowest BCUT2D eigenvalue weighted by Crippen LogP contribution is -2.53. The van der Waals surface area contributed by atoms with Crippen LogP contribution < -0.4 is 10.6 Å². The fraction of sp³-hybridized carbons (Fsp3) is 0.846. The average molecular weight is 287 g/mol. The number of urea groups is 1.